The maximum absolute atomic E-state index is 14.0. The Morgan fingerprint density at radius 1 is 1.21 bits per heavy atom. The number of methoxy groups -OCH3 is 1. The van der Waals surface area contributed by atoms with Crippen LogP contribution in [0.25, 0.3) is 0 Å². The molecule has 100 valence electrons. The molecule has 0 bridgehead atoms. The molecule has 19 heavy (non-hydrogen) atoms. The van der Waals surface area contributed by atoms with Gasteiger partial charge in [-0.3, -0.25) is 0 Å². The summed E-state index contributed by atoms with van der Waals surface area (Å²) in [6.07, 6.45) is 2.03. The topological polar surface area (TPSA) is 21.3 Å². The molecule has 0 saturated heterocycles. The third-order valence-electron chi connectivity index (χ3n) is 2.82. The van der Waals surface area contributed by atoms with Gasteiger partial charge in [-0.05, 0) is 30.5 Å². The average Bonchev–Trinajstić information content (AvgIpc) is 2.46. The molecule has 0 amide bonds. The van der Waals surface area contributed by atoms with Crippen LogP contribution >= 0.6 is 11.8 Å². The smallest absolute Gasteiger partial charge is 0.170 e. The fraction of sp³-hybridized carbons (Fsp3) is 0.200. The second-order valence-corrected chi connectivity index (χ2v) is 4.90. The molecule has 0 atom stereocenters. The van der Waals surface area contributed by atoms with Crippen molar-refractivity contribution < 1.29 is 9.13 Å². The van der Waals surface area contributed by atoms with Gasteiger partial charge in [0.05, 0.1) is 7.11 Å². The van der Waals surface area contributed by atoms with Crippen molar-refractivity contribution in [3.05, 3.63) is 53.8 Å². The van der Waals surface area contributed by atoms with Gasteiger partial charge in [0, 0.05) is 22.7 Å². The highest BCUT2D eigenvalue weighted by Gasteiger charge is 2.07. The van der Waals surface area contributed by atoms with Crippen molar-refractivity contribution in [1.29, 1.82) is 0 Å². The Bertz CT molecular complexity index is 560. The average molecular weight is 277 g/mol. The molecule has 0 unspecified atom stereocenters. The summed E-state index contributed by atoms with van der Waals surface area (Å²) in [5, 5.41) is 3.22. The first-order valence-corrected chi connectivity index (χ1v) is 7.16. The van der Waals surface area contributed by atoms with Crippen LogP contribution in [0.4, 0.5) is 10.1 Å². The number of anilines is 1. The number of benzene rings is 2. The number of rotatable bonds is 5. The fourth-order valence-corrected chi connectivity index (χ4v) is 2.24. The van der Waals surface area contributed by atoms with Crippen LogP contribution in [0, 0.1) is 5.82 Å². The van der Waals surface area contributed by atoms with E-state index in [1.54, 1.807) is 30.0 Å². The van der Waals surface area contributed by atoms with E-state index >= 15 is 0 Å². The molecular weight excluding hydrogens is 261 g/mol. The Morgan fingerprint density at radius 2 is 2.00 bits per heavy atom. The van der Waals surface area contributed by atoms with E-state index in [1.165, 1.54) is 12.0 Å². The monoisotopic (exact) mass is 277 g/mol. The van der Waals surface area contributed by atoms with E-state index in [9.17, 15) is 4.39 Å². The SMILES string of the molecule is COc1cccc(CNc2cccc(SC)c2)c1F. The molecule has 2 rings (SSSR count). The largest absolute Gasteiger partial charge is 0.494 e. The van der Waals surface area contributed by atoms with Gasteiger partial charge < -0.3 is 10.1 Å². The van der Waals surface area contributed by atoms with Crippen molar-refractivity contribution in [3.8, 4) is 5.75 Å². The molecule has 0 fully saturated rings. The lowest BCUT2D eigenvalue weighted by Crippen LogP contribution is -2.03. The van der Waals surface area contributed by atoms with E-state index in [0.29, 0.717) is 12.1 Å². The van der Waals surface area contributed by atoms with Crippen LogP contribution in [-0.4, -0.2) is 13.4 Å². The Kier molecular flexibility index (Phi) is 4.68. The van der Waals surface area contributed by atoms with E-state index in [-0.39, 0.29) is 11.6 Å². The van der Waals surface area contributed by atoms with Crippen LogP contribution in [0.3, 0.4) is 0 Å². The summed E-state index contributed by atoms with van der Waals surface area (Å²) in [6, 6.07) is 13.2. The molecule has 0 aliphatic rings. The van der Waals surface area contributed by atoms with Gasteiger partial charge in [-0.1, -0.05) is 18.2 Å². The van der Waals surface area contributed by atoms with Gasteiger partial charge in [0.2, 0.25) is 0 Å². The number of hydrogen-bond acceptors (Lipinski definition) is 3. The molecule has 4 heteroatoms. The summed E-state index contributed by atoms with van der Waals surface area (Å²) >= 11 is 1.68. The number of hydrogen-bond donors (Lipinski definition) is 1. The van der Waals surface area contributed by atoms with E-state index in [0.717, 1.165) is 5.69 Å². The van der Waals surface area contributed by atoms with Crippen LogP contribution < -0.4 is 10.1 Å². The van der Waals surface area contributed by atoms with Crippen molar-refractivity contribution >= 4 is 17.4 Å². The minimum atomic E-state index is -0.307. The zero-order chi connectivity index (χ0) is 13.7. The highest BCUT2D eigenvalue weighted by Crippen LogP contribution is 2.22. The predicted molar refractivity (Wildman–Crippen MR) is 78.5 cm³/mol. The third kappa shape index (κ3) is 3.41. The fourth-order valence-electron chi connectivity index (χ4n) is 1.78. The Morgan fingerprint density at radius 3 is 2.74 bits per heavy atom. The summed E-state index contributed by atoms with van der Waals surface area (Å²) in [5.41, 5.74) is 1.57. The first kappa shape index (κ1) is 13.7. The number of thioether (sulfide) groups is 1. The summed E-state index contributed by atoms with van der Waals surface area (Å²) in [6.45, 7) is 0.431. The van der Waals surface area contributed by atoms with Crippen LogP contribution in [0.15, 0.2) is 47.4 Å². The molecule has 0 aromatic heterocycles. The molecule has 0 heterocycles. The maximum Gasteiger partial charge on any atom is 0.170 e. The van der Waals surface area contributed by atoms with Crippen LogP contribution in [0.5, 0.6) is 5.75 Å². The van der Waals surface area contributed by atoms with Crippen LogP contribution in [-0.2, 0) is 6.54 Å². The number of ether oxygens (including phenoxy) is 1. The summed E-state index contributed by atoms with van der Waals surface area (Å²) < 4.78 is 18.9. The maximum atomic E-state index is 14.0. The van der Waals surface area contributed by atoms with Gasteiger partial charge >= 0.3 is 0 Å². The summed E-state index contributed by atoms with van der Waals surface area (Å²) in [4.78, 5) is 1.18. The van der Waals surface area contributed by atoms with Gasteiger partial charge in [0.1, 0.15) is 0 Å². The zero-order valence-electron chi connectivity index (χ0n) is 10.9. The lowest BCUT2D eigenvalue weighted by Gasteiger charge is -2.10. The minimum absolute atomic E-state index is 0.275. The summed E-state index contributed by atoms with van der Waals surface area (Å²) in [7, 11) is 1.47. The first-order chi connectivity index (χ1) is 9.24. The van der Waals surface area contributed by atoms with Crippen LogP contribution in [0.1, 0.15) is 5.56 Å². The molecule has 0 aliphatic carbocycles. The summed E-state index contributed by atoms with van der Waals surface area (Å²) in [5.74, 6) is -0.0318. The first-order valence-electron chi connectivity index (χ1n) is 5.94. The predicted octanol–water partition coefficient (Wildman–Crippen LogP) is 4.17. The Balaban J connectivity index is 2.10. The Hall–Kier alpha value is -1.68. The van der Waals surface area contributed by atoms with Gasteiger partial charge in [-0.25, -0.2) is 4.39 Å². The molecule has 1 N–H and O–H groups in total. The van der Waals surface area contributed by atoms with E-state index in [2.05, 4.69) is 5.32 Å². The van der Waals surface area contributed by atoms with Gasteiger partial charge in [-0.15, -0.1) is 11.8 Å². The molecule has 0 spiro atoms. The second kappa shape index (κ2) is 6.48. The standard InChI is InChI=1S/C15H16FNOS/c1-18-14-8-3-5-11(15(14)16)10-17-12-6-4-7-13(9-12)19-2/h3-9,17H,10H2,1-2H3. The second-order valence-electron chi connectivity index (χ2n) is 4.02. The highest BCUT2D eigenvalue weighted by molar-refractivity contribution is 7.98. The molecule has 0 aliphatic heterocycles. The lowest BCUT2D eigenvalue weighted by atomic mass is 10.2. The van der Waals surface area contributed by atoms with Crippen molar-refractivity contribution in [2.24, 2.45) is 0 Å². The van der Waals surface area contributed by atoms with Gasteiger partial charge in [0.25, 0.3) is 0 Å². The van der Waals surface area contributed by atoms with Crippen LogP contribution in [0.2, 0.25) is 0 Å². The van der Waals surface area contributed by atoms with Crippen molar-refractivity contribution in [1.82, 2.24) is 0 Å². The van der Waals surface area contributed by atoms with E-state index in [1.807, 2.05) is 30.5 Å². The molecule has 2 aromatic rings. The lowest BCUT2D eigenvalue weighted by molar-refractivity contribution is 0.384. The molecule has 0 radical (unpaired) electrons. The zero-order valence-corrected chi connectivity index (χ0v) is 11.8. The normalized spacial score (nSPS) is 10.3. The molecular formula is C15H16FNOS. The quantitative estimate of drug-likeness (QED) is 0.829. The third-order valence-corrected chi connectivity index (χ3v) is 3.54. The number of nitrogens with one attached hydrogen (secondary N) is 1. The highest BCUT2D eigenvalue weighted by atomic mass is 32.2. The van der Waals surface area contributed by atoms with Gasteiger partial charge in [-0.2, -0.15) is 0 Å². The molecule has 2 nitrogen and oxygen atoms in total. The van der Waals surface area contributed by atoms with Crippen molar-refractivity contribution in [3.63, 3.8) is 0 Å². The van der Waals surface area contributed by atoms with E-state index < -0.39 is 0 Å². The molecule has 2 aromatic carbocycles. The minimum Gasteiger partial charge on any atom is -0.494 e. The molecule has 0 saturated carbocycles. The van der Waals surface area contributed by atoms with E-state index in [4.69, 9.17) is 4.74 Å². The van der Waals surface area contributed by atoms with Gasteiger partial charge in [0.15, 0.2) is 11.6 Å². The van der Waals surface area contributed by atoms with Crippen molar-refractivity contribution in [2.75, 3.05) is 18.7 Å². The number of halogens is 1. The van der Waals surface area contributed by atoms with Crippen molar-refractivity contribution in [2.45, 2.75) is 11.4 Å². The Labute approximate surface area is 117 Å².